The predicted molar refractivity (Wildman–Crippen MR) is 80.1 cm³/mol. The van der Waals surface area contributed by atoms with Crippen LogP contribution >= 0.6 is 0 Å². The van der Waals surface area contributed by atoms with Gasteiger partial charge in [-0.3, -0.25) is 19.3 Å². The summed E-state index contributed by atoms with van der Waals surface area (Å²) in [6.45, 7) is 0.304. The molecule has 2 aliphatic rings. The van der Waals surface area contributed by atoms with Crippen molar-refractivity contribution in [2.75, 3.05) is 13.1 Å². The molecule has 0 bridgehead atoms. The van der Waals surface area contributed by atoms with Gasteiger partial charge in [-0.15, -0.1) is 0 Å². The number of amides is 3. The summed E-state index contributed by atoms with van der Waals surface area (Å²) >= 11 is 0. The van der Waals surface area contributed by atoms with E-state index in [1.807, 2.05) is 0 Å². The lowest BCUT2D eigenvalue weighted by Crippen LogP contribution is -2.46. The highest BCUT2D eigenvalue weighted by molar-refractivity contribution is 6.22. The number of nitrogens with zero attached hydrogens (tertiary/aromatic N) is 1. The third-order valence-corrected chi connectivity index (χ3v) is 4.49. The summed E-state index contributed by atoms with van der Waals surface area (Å²) in [6.07, 6.45) is 2.95. The van der Waals surface area contributed by atoms with Crippen molar-refractivity contribution in [3.63, 3.8) is 0 Å². The third-order valence-electron chi connectivity index (χ3n) is 4.49. The zero-order valence-corrected chi connectivity index (χ0v) is 12.2. The minimum Gasteiger partial charge on any atom is -0.351 e. The summed E-state index contributed by atoms with van der Waals surface area (Å²) in [7, 11) is 0. The van der Waals surface area contributed by atoms with E-state index in [1.165, 1.54) is 0 Å². The van der Waals surface area contributed by atoms with Crippen LogP contribution in [0.2, 0.25) is 0 Å². The van der Waals surface area contributed by atoms with Crippen LogP contribution in [0.5, 0.6) is 0 Å². The smallest absolute Gasteiger partial charge is 0.262 e. The number of nitrogens with one attached hydrogen (secondary N) is 1. The molecule has 116 valence electrons. The maximum absolute atomic E-state index is 12.2. The molecule has 1 aromatic rings. The van der Waals surface area contributed by atoms with Crippen molar-refractivity contribution in [2.24, 2.45) is 11.7 Å². The van der Waals surface area contributed by atoms with Crippen LogP contribution in [-0.4, -0.2) is 41.8 Å². The van der Waals surface area contributed by atoms with Gasteiger partial charge in [0.05, 0.1) is 11.1 Å². The van der Waals surface area contributed by atoms with Crippen molar-refractivity contribution in [3.8, 4) is 0 Å². The van der Waals surface area contributed by atoms with Gasteiger partial charge in [0, 0.05) is 6.04 Å². The van der Waals surface area contributed by atoms with Crippen molar-refractivity contribution < 1.29 is 14.4 Å². The highest BCUT2D eigenvalue weighted by atomic mass is 16.2. The molecule has 0 radical (unpaired) electrons. The van der Waals surface area contributed by atoms with Gasteiger partial charge in [0.15, 0.2) is 0 Å². The van der Waals surface area contributed by atoms with Crippen LogP contribution in [0, 0.1) is 5.92 Å². The fourth-order valence-corrected chi connectivity index (χ4v) is 3.29. The molecule has 1 aromatic carbocycles. The molecule has 1 fully saturated rings. The average Bonchev–Trinajstić information content (AvgIpc) is 3.06. The summed E-state index contributed by atoms with van der Waals surface area (Å²) in [5.41, 5.74) is 6.42. The maximum atomic E-state index is 12.2. The molecule has 2 atom stereocenters. The van der Waals surface area contributed by atoms with E-state index in [9.17, 15) is 14.4 Å². The summed E-state index contributed by atoms with van der Waals surface area (Å²) in [5, 5.41) is 2.91. The monoisotopic (exact) mass is 301 g/mol. The lowest BCUT2D eigenvalue weighted by Gasteiger charge is -2.21. The summed E-state index contributed by atoms with van der Waals surface area (Å²) < 4.78 is 0. The molecule has 1 saturated carbocycles. The van der Waals surface area contributed by atoms with Crippen molar-refractivity contribution in [1.82, 2.24) is 10.2 Å². The van der Waals surface area contributed by atoms with E-state index in [0.717, 1.165) is 24.2 Å². The number of carbonyl (C=O) groups excluding carboxylic acids is 3. The normalized spacial score (nSPS) is 23.8. The van der Waals surface area contributed by atoms with Crippen LogP contribution in [-0.2, 0) is 4.79 Å². The van der Waals surface area contributed by atoms with Gasteiger partial charge in [-0.1, -0.05) is 18.6 Å². The number of carbonyl (C=O) groups is 3. The van der Waals surface area contributed by atoms with Gasteiger partial charge in [-0.05, 0) is 37.4 Å². The standard InChI is InChI=1S/C16H19N3O3/c17-8-10-4-3-7-13(10)18-14(20)9-19-15(21)11-5-1-2-6-12(11)16(19)22/h1-2,5-6,10,13H,3-4,7-9,17H2,(H,18,20). The topological polar surface area (TPSA) is 92.5 Å². The average molecular weight is 301 g/mol. The Morgan fingerprint density at radius 2 is 1.82 bits per heavy atom. The Morgan fingerprint density at radius 3 is 2.41 bits per heavy atom. The van der Waals surface area contributed by atoms with Crippen molar-refractivity contribution in [2.45, 2.75) is 25.3 Å². The van der Waals surface area contributed by atoms with E-state index < -0.39 is 11.8 Å². The van der Waals surface area contributed by atoms with Crippen LogP contribution in [0.3, 0.4) is 0 Å². The van der Waals surface area contributed by atoms with Gasteiger partial charge < -0.3 is 11.1 Å². The van der Waals surface area contributed by atoms with E-state index in [0.29, 0.717) is 17.7 Å². The first-order valence-corrected chi connectivity index (χ1v) is 7.56. The Kier molecular flexibility index (Phi) is 3.94. The largest absolute Gasteiger partial charge is 0.351 e. The van der Waals surface area contributed by atoms with Crippen LogP contribution in [0.1, 0.15) is 40.0 Å². The summed E-state index contributed by atoms with van der Waals surface area (Å²) in [5.74, 6) is -0.832. The second-order valence-electron chi connectivity index (χ2n) is 5.84. The number of imide groups is 1. The van der Waals surface area contributed by atoms with Gasteiger partial charge in [-0.2, -0.15) is 0 Å². The first kappa shape index (κ1) is 14.7. The van der Waals surface area contributed by atoms with Gasteiger partial charge in [0.1, 0.15) is 6.54 Å². The second-order valence-corrected chi connectivity index (χ2v) is 5.84. The van der Waals surface area contributed by atoms with E-state index in [4.69, 9.17) is 5.73 Å². The summed E-state index contributed by atoms with van der Waals surface area (Å²) in [6, 6.07) is 6.67. The van der Waals surface area contributed by atoms with E-state index in [-0.39, 0.29) is 24.4 Å². The number of hydrogen-bond donors (Lipinski definition) is 2. The zero-order chi connectivity index (χ0) is 15.7. The van der Waals surface area contributed by atoms with Crippen molar-refractivity contribution >= 4 is 17.7 Å². The van der Waals surface area contributed by atoms with Crippen molar-refractivity contribution in [1.29, 1.82) is 0 Å². The Bertz CT molecular complexity index is 594. The first-order chi connectivity index (χ1) is 10.6. The van der Waals surface area contributed by atoms with Gasteiger partial charge in [0.2, 0.25) is 5.91 Å². The van der Waals surface area contributed by atoms with Crippen LogP contribution < -0.4 is 11.1 Å². The van der Waals surface area contributed by atoms with Gasteiger partial charge >= 0.3 is 0 Å². The van der Waals surface area contributed by atoms with Gasteiger partial charge in [-0.25, -0.2) is 0 Å². The minimum atomic E-state index is -0.405. The minimum absolute atomic E-state index is 0.0488. The highest BCUT2D eigenvalue weighted by Crippen LogP contribution is 2.25. The molecular formula is C16H19N3O3. The molecular weight excluding hydrogens is 282 g/mol. The Morgan fingerprint density at radius 1 is 1.18 bits per heavy atom. The molecule has 3 N–H and O–H groups in total. The predicted octanol–water partition coefficient (Wildman–Crippen LogP) is 0.526. The van der Waals surface area contributed by atoms with E-state index in [2.05, 4.69) is 5.32 Å². The molecule has 0 aromatic heterocycles. The molecule has 6 nitrogen and oxygen atoms in total. The van der Waals surface area contributed by atoms with Crippen LogP contribution in [0.4, 0.5) is 0 Å². The lowest BCUT2D eigenvalue weighted by molar-refractivity contribution is -0.122. The summed E-state index contributed by atoms with van der Waals surface area (Å²) in [4.78, 5) is 37.6. The third kappa shape index (κ3) is 2.50. The number of rotatable bonds is 4. The molecule has 6 heteroatoms. The number of nitrogens with two attached hydrogens (primary N) is 1. The SMILES string of the molecule is NCC1CCCC1NC(=O)CN1C(=O)c2ccccc2C1=O. The van der Waals surface area contributed by atoms with E-state index in [1.54, 1.807) is 24.3 Å². The Balaban J connectivity index is 1.66. The fourth-order valence-electron chi connectivity index (χ4n) is 3.29. The molecule has 1 heterocycles. The molecule has 3 amide bonds. The quantitative estimate of drug-likeness (QED) is 0.793. The molecule has 0 saturated heterocycles. The molecule has 1 aliphatic heterocycles. The van der Waals surface area contributed by atoms with Crippen LogP contribution in [0.15, 0.2) is 24.3 Å². The van der Waals surface area contributed by atoms with Crippen molar-refractivity contribution in [3.05, 3.63) is 35.4 Å². The zero-order valence-electron chi connectivity index (χ0n) is 12.2. The van der Waals surface area contributed by atoms with E-state index >= 15 is 0 Å². The molecule has 2 unspecified atom stereocenters. The second kappa shape index (κ2) is 5.88. The number of benzene rings is 1. The number of hydrogen-bond acceptors (Lipinski definition) is 4. The Labute approximate surface area is 128 Å². The highest BCUT2D eigenvalue weighted by Gasteiger charge is 2.37. The fraction of sp³-hybridized carbons (Fsp3) is 0.438. The Hall–Kier alpha value is -2.21. The number of fused-ring (bicyclic) bond motifs is 1. The first-order valence-electron chi connectivity index (χ1n) is 7.56. The molecule has 3 rings (SSSR count). The molecule has 0 spiro atoms. The molecule has 22 heavy (non-hydrogen) atoms. The molecule has 1 aliphatic carbocycles. The van der Waals surface area contributed by atoms with Gasteiger partial charge in [0.25, 0.3) is 11.8 Å². The lowest BCUT2D eigenvalue weighted by atomic mass is 10.0. The maximum Gasteiger partial charge on any atom is 0.262 e. The van der Waals surface area contributed by atoms with Crippen LogP contribution in [0.25, 0.3) is 0 Å².